The molecule has 0 amide bonds. The summed E-state index contributed by atoms with van der Waals surface area (Å²) in [5.41, 5.74) is 0.0169. The maximum atomic E-state index is 13.8. The largest absolute Gasteiger partial charge is 0.464 e. The molecule has 1 atom stereocenters. The average Bonchev–Trinajstić information content (AvgIpc) is 2.27. The molecule has 0 spiro atoms. The van der Waals surface area contributed by atoms with Gasteiger partial charge in [-0.05, 0) is 50.5 Å². The zero-order valence-corrected chi connectivity index (χ0v) is 11.2. The summed E-state index contributed by atoms with van der Waals surface area (Å²) in [6.07, 6.45) is -1.37. The summed E-state index contributed by atoms with van der Waals surface area (Å²) in [6, 6.07) is 4.85. The number of carbonyl (C=O) groups excluding carboxylic acids is 1. The van der Waals surface area contributed by atoms with Crippen molar-refractivity contribution in [3.05, 3.63) is 34.9 Å². The molecule has 0 fully saturated rings. The highest BCUT2D eigenvalue weighted by Gasteiger charge is 2.24. The summed E-state index contributed by atoms with van der Waals surface area (Å²) in [6.45, 7) is 6.48. The molecule has 1 rings (SSSR count). The first-order valence-corrected chi connectivity index (χ1v) is 5.92. The van der Waals surface area contributed by atoms with Gasteiger partial charge in [-0.25, -0.2) is 9.18 Å². The van der Waals surface area contributed by atoms with Gasteiger partial charge in [-0.1, -0.05) is 12.1 Å². The lowest BCUT2D eigenvalue weighted by molar-refractivity contribution is -0.153. The van der Waals surface area contributed by atoms with Crippen molar-refractivity contribution in [3.63, 3.8) is 0 Å². The Morgan fingerprint density at radius 3 is 2.61 bits per heavy atom. The number of carbonyl (C=O) groups is 1. The van der Waals surface area contributed by atoms with Crippen LogP contribution in [0.15, 0.2) is 18.2 Å². The summed E-state index contributed by atoms with van der Waals surface area (Å²) in [5.74, 6) is -0.714. The summed E-state index contributed by atoms with van der Waals surface area (Å²) in [7, 11) is 0. The number of aliphatic hydroxyl groups excluding tert-OH is 1. The fourth-order valence-electron chi connectivity index (χ4n) is 1.65. The molecule has 100 valence electrons. The van der Waals surface area contributed by atoms with E-state index >= 15 is 0 Å². The predicted molar refractivity (Wildman–Crippen MR) is 66.9 cm³/mol. The minimum absolute atomic E-state index is 0.198. The van der Waals surface area contributed by atoms with Gasteiger partial charge >= 0.3 is 5.97 Å². The fourth-order valence-corrected chi connectivity index (χ4v) is 1.65. The van der Waals surface area contributed by atoms with Crippen LogP contribution in [0.3, 0.4) is 0 Å². The normalized spacial score (nSPS) is 13.2. The van der Waals surface area contributed by atoms with Crippen LogP contribution in [-0.2, 0) is 15.2 Å². The summed E-state index contributed by atoms with van der Waals surface area (Å²) in [4.78, 5) is 11.5. The van der Waals surface area contributed by atoms with Crippen LogP contribution in [0.25, 0.3) is 0 Å². The molecule has 18 heavy (non-hydrogen) atoms. The Kier molecular flexibility index (Phi) is 4.46. The second-order valence-electron chi connectivity index (χ2n) is 4.70. The number of esters is 1. The molecule has 0 saturated carbocycles. The van der Waals surface area contributed by atoms with Crippen molar-refractivity contribution in [3.8, 4) is 0 Å². The molecule has 0 bridgehead atoms. The third kappa shape index (κ3) is 3.29. The number of hydrogen-bond acceptors (Lipinski definition) is 3. The number of aryl methyl sites for hydroxylation is 1. The lowest BCUT2D eigenvalue weighted by atomic mass is 9.93. The Bertz CT molecular complexity index is 435. The molecule has 0 saturated heterocycles. The summed E-state index contributed by atoms with van der Waals surface area (Å²) in [5, 5.41) is 9.89. The van der Waals surface area contributed by atoms with E-state index in [1.807, 2.05) is 0 Å². The molecule has 0 aromatic heterocycles. The lowest BCUT2D eigenvalue weighted by Gasteiger charge is -2.19. The Balaban J connectivity index is 3.12. The summed E-state index contributed by atoms with van der Waals surface area (Å²) < 4.78 is 18.6. The third-order valence-corrected chi connectivity index (χ3v) is 2.77. The molecule has 0 radical (unpaired) electrons. The van der Waals surface area contributed by atoms with Gasteiger partial charge in [-0.2, -0.15) is 0 Å². The van der Waals surface area contributed by atoms with E-state index < -0.39 is 17.7 Å². The molecule has 0 aliphatic heterocycles. The van der Waals surface area contributed by atoms with Crippen LogP contribution in [0, 0.1) is 6.92 Å². The first-order valence-electron chi connectivity index (χ1n) is 5.92. The Hall–Kier alpha value is -1.42. The number of ether oxygens (including phenoxy) is 1. The topological polar surface area (TPSA) is 46.5 Å². The van der Waals surface area contributed by atoms with E-state index in [1.54, 1.807) is 26.0 Å². The van der Waals surface area contributed by atoms with Gasteiger partial charge in [0.25, 0.3) is 0 Å². The zero-order chi connectivity index (χ0) is 13.9. The third-order valence-electron chi connectivity index (χ3n) is 2.77. The predicted octanol–water partition coefficient (Wildman–Crippen LogP) is 2.80. The highest BCUT2D eigenvalue weighted by atomic mass is 19.1. The van der Waals surface area contributed by atoms with Crippen molar-refractivity contribution in [2.45, 2.75) is 39.5 Å². The average molecular weight is 254 g/mol. The number of hydrogen-bond donors (Lipinski definition) is 1. The second-order valence-corrected chi connectivity index (χ2v) is 4.70. The van der Waals surface area contributed by atoms with Crippen LogP contribution >= 0.6 is 0 Å². The van der Waals surface area contributed by atoms with Gasteiger partial charge in [0, 0.05) is 0 Å². The fraction of sp³-hybridized carbons (Fsp3) is 0.500. The summed E-state index contributed by atoms with van der Waals surface area (Å²) >= 11 is 0. The number of alkyl halides is 1. The second kappa shape index (κ2) is 5.48. The monoisotopic (exact) mass is 254 g/mol. The maximum Gasteiger partial charge on any atom is 0.339 e. The Labute approximate surface area is 107 Å². The molecule has 1 aromatic rings. The first-order chi connectivity index (χ1) is 8.27. The van der Waals surface area contributed by atoms with Gasteiger partial charge in [-0.15, -0.1) is 0 Å². The number of halogens is 1. The molecular formula is C14H19FO3. The molecule has 4 heteroatoms. The Morgan fingerprint density at radius 1 is 1.50 bits per heavy atom. The highest BCUT2D eigenvalue weighted by molar-refractivity contribution is 5.76. The van der Waals surface area contributed by atoms with Gasteiger partial charge in [-0.3, -0.25) is 0 Å². The van der Waals surface area contributed by atoms with E-state index in [9.17, 15) is 14.3 Å². The van der Waals surface area contributed by atoms with E-state index in [2.05, 4.69) is 0 Å². The van der Waals surface area contributed by atoms with Crippen molar-refractivity contribution in [1.29, 1.82) is 0 Å². The van der Waals surface area contributed by atoms with E-state index in [1.165, 1.54) is 19.9 Å². The van der Waals surface area contributed by atoms with Gasteiger partial charge < -0.3 is 9.84 Å². The molecule has 0 heterocycles. The van der Waals surface area contributed by atoms with E-state index in [-0.39, 0.29) is 6.61 Å². The van der Waals surface area contributed by atoms with Gasteiger partial charge in [0.2, 0.25) is 0 Å². The highest BCUT2D eigenvalue weighted by Crippen LogP contribution is 2.29. The van der Waals surface area contributed by atoms with Crippen molar-refractivity contribution >= 4 is 5.97 Å². The maximum absolute atomic E-state index is 13.8. The molecule has 1 N–H and O–H groups in total. The number of aliphatic hydroxyl groups is 1. The van der Waals surface area contributed by atoms with Gasteiger partial charge in [0.05, 0.1) is 6.61 Å². The van der Waals surface area contributed by atoms with E-state index in [0.29, 0.717) is 11.1 Å². The van der Waals surface area contributed by atoms with Crippen LogP contribution in [0.2, 0.25) is 0 Å². The lowest BCUT2D eigenvalue weighted by Crippen LogP contribution is -2.18. The standard InChI is InChI=1S/C14H19FO3/c1-5-18-13(17)12(16)11-8-10(14(3,4)15)7-6-9(11)2/h6-8,12,16H,5H2,1-4H3. The molecular weight excluding hydrogens is 235 g/mol. The van der Waals surface area contributed by atoms with Crippen molar-refractivity contribution < 1.29 is 19.0 Å². The molecule has 0 aliphatic rings. The smallest absolute Gasteiger partial charge is 0.339 e. The quantitative estimate of drug-likeness (QED) is 0.840. The van der Waals surface area contributed by atoms with Crippen LogP contribution in [-0.4, -0.2) is 17.7 Å². The SMILES string of the molecule is CCOC(=O)C(O)c1cc(C(C)(C)F)ccc1C. The number of benzene rings is 1. The number of rotatable bonds is 4. The van der Waals surface area contributed by atoms with Gasteiger partial charge in [0.1, 0.15) is 5.67 Å². The van der Waals surface area contributed by atoms with Crippen LogP contribution in [0.1, 0.15) is 43.6 Å². The van der Waals surface area contributed by atoms with Crippen LogP contribution in [0.4, 0.5) is 4.39 Å². The van der Waals surface area contributed by atoms with Crippen LogP contribution in [0.5, 0.6) is 0 Å². The molecule has 3 nitrogen and oxygen atoms in total. The van der Waals surface area contributed by atoms with E-state index in [0.717, 1.165) is 5.56 Å². The van der Waals surface area contributed by atoms with Crippen molar-refractivity contribution in [2.75, 3.05) is 6.61 Å². The molecule has 0 aliphatic carbocycles. The van der Waals surface area contributed by atoms with Gasteiger partial charge in [0.15, 0.2) is 6.10 Å². The minimum Gasteiger partial charge on any atom is -0.464 e. The zero-order valence-electron chi connectivity index (χ0n) is 11.2. The molecule has 1 aromatic carbocycles. The minimum atomic E-state index is -1.52. The Morgan fingerprint density at radius 2 is 2.11 bits per heavy atom. The first kappa shape index (κ1) is 14.6. The van der Waals surface area contributed by atoms with Crippen LogP contribution < -0.4 is 0 Å². The van der Waals surface area contributed by atoms with E-state index in [4.69, 9.17) is 4.74 Å². The van der Waals surface area contributed by atoms with Crippen molar-refractivity contribution in [1.82, 2.24) is 0 Å². The van der Waals surface area contributed by atoms with Crippen molar-refractivity contribution in [2.24, 2.45) is 0 Å². The molecule has 1 unspecified atom stereocenters.